The van der Waals surface area contributed by atoms with E-state index in [4.69, 9.17) is 9.63 Å². The first kappa shape index (κ1) is 11.2. The van der Waals surface area contributed by atoms with Crippen LogP contribution in [0.15, 0.2) is 35.1 Å². The van der Waals surface area contributed by atoms with Crippen molar-refractivity contribution in [1.29, 1.82) is 0 Å². The molecule has 5 heteroatoms. The van der Waals surface area contributed by atoms with E-state index in [2.05, 4.69) is 5.16 Å². The van der Waals surface area contributed by atoms with E-state index in [1.807, 2.05) is 0 Å². The highest BCUT2D eigenvalue weighted by atomic mass is 16.5. The van der Waals surface area contributed by atoms with E-state index in [0.717, 1.165) is 5.56 Å². The maximum absolute atomic E-state index is 10.5. The van der Waals surface area contributed by atoms with Crippen LogP contribution in [0.5, 0.6) is 5.75 Å². The summed E-state index contributed by atoms with van der Waals surface area (Å²) < 4.78 is 4.85. The molecule has 0 bridgehead atoms. The standard InChI is InChI=1S/C12H11NO4/c14-9-3-1-2-8(6-9)10-7-17-13-11(10)4-5-12(15)16/h1-3,6-7,14H,4-5H2,(H,15,16). The molecule has 0 saturated heterocycles. The van der Waals surface area contributed by atoms with Gasteiger partial charge in [-0.3, -0.25) is 4.79 Å². The van der Waals surface area contributed by atoms with Crippen molar-refractivity contribution in [3.63, 3.8) is 0 Å². The number of aryl methyl sites for hydroxylation is 1. The maximum atomic E-state index is 10.5. The number of benzene rings is 1. The molecule has 0 radical (unpaired) electrons. The molecule has 17 heavy (non-hydrogen) atoms. The van der Waals surface area contributed by atoms with Crippen molar-refractivity contribution in [3.8, 4) is 16.9 Å². The summed E-state index contributed by atoms with van der Waals surface area (Å²) in [6, 6.07) is 6.65. The van der Waals surface area contributed by atoms with Crippen LogP contribution in [0.4, 0.5) is 0 Å². The first-order chi connectivity index (χ1) is 8.16. The lowest BCUT2D eigenvalue weighted by Crippen LogP contribution is -1.98. The molecule has 2 aromatic rings. The molecule has 88 valence electrons. The third-order valence-corrected chi connectivity index (χ3v) is 2.38. The molecule has 1 aromatic carbocycles. The van der Waals surface area contributed by atoms with Crippen LogP contribution in [0.2, 0.25) is 0 Å². The van der Waals surface area contributed by atoms with Gasteiger partial charge in [-0.1, -0.05) is 17.3 Å². The molecule has 0 aliphatic heterocycles. The minimum Gasteiger partial charge on any atom is -0.508 e. The third kappa shape index (κ3) is 2.63. The minimum atomic E-state index is -0.880. The van der Waals surface area contributed by atoms with Crippen LogP contribution in [-0.4, -0.2) is 21.3 Å². The Balaban J connectivity index is 2.27. The Hall–Kier alpha value is -2.30. The van der Waals surface area contributed by atoms with E-state index in [1.165, 1.54) is 6.26 Å². The van der Waals surface area contributed by atoms with E-state index in [9.17, 15) is 9.90 Å². The van der Waals surface area contributed by atoms with Crippen molar-refractivity contribution in [3.05, 3.63) is 36.2 Å². The number of phenols is 1. The van der Waals surface area contributed by atoms with Gasteiger partial charge in [-0.25, -0.2) is 0 Å². The second-order valence-corrected chi connectivity index (χ2v) is 3.62. The smallest absolute Gasteiger partial charge is 0.303 e. The zero-order chi connectivity index (χ0) is 12.3. The van der Waals surface area contributed by atoms with Crippen LogP contribution in [-0.2, 0) is 11.2 Å². The number of carboxylic acid groups (broad SMARTS) is 1. The average Bonchev–Trinajstić information content (AvgIpc) is 2.74. The Bertz CT molecular complexity index is 533. The van der Waals surface area contributed by atoms with Crippen molar-refractivity contribution in [2.45, 2.75) is 12.8 Å². The number of hydrogen-bond acceptors (Lipinski definition) is 4. The highest BCUT2D eigenvalue weighted by Crippen LogP contribution is 2.26. The van der Waals surface area contributed by atoms with E-state index < -0.39 is 5.97 Å². The summed E-state index contributed by atoms with van der Waals surface area (Å²) >= 11 is 0. The normalized spacial score (nSPS) is 10.4. The Labute approximate surface area is 97.3 Å². The zero-order valence-electron chi connectivity index (χ0n) is 8.96. The lowest BCUT2D eigenvalue weighted by molar-refractivity contribution is -0.136. The van der Waals surface area contributed by atoms with Crippen LogP contribution < -0.4 is 0 Å². The molecule has 0 spiro atoms. The number of hydrogen-bond donors (Lipinski definition) is 2. The summed E-state index contributed by atoms with van der Waals surface area (Å²) in [5.74, 6) is -0.734. The second kappa shape index (κ2) is 4.69. The monoisotopic (exact) mass is 233 g/mol. The number of carbonyl (C=O) groups is 1. The van der Waals surface area contributed by atoms with Crippen LogP contribution >= 0.6 is 0 Å². The fraction of sp³-hybridized carbons (Fsp3) is 0.167. The van der Waals surface area contributed by atoms with Gasteiger partial charge < -0.3 is 14.7 Å². The quantitative estimate of drug-likeness (QED) is 0.844. The summed E-state index contributed by atoms with van der Waals surface area (Å²) in [4.78, 5) is 10.5. The van der Waals surface area contributed by atoms with Gasteiger partial charge in [-0.15, -0.1) is 0 Å². The predicted octanol–water partition coefficient (Wildman–Crippen LogP) is 2.06. The number of aromatic hydroxyl groups is 1. The molecular formula is C12H11NO4. The third-order valence-electron chi connectivity index (χ3n) is 2.38. The summed E-state index contributed by atoms with van der Waals surface area (Å²) in [6.07, 6.45) is 1.75. The largest absolute Gasteiger partial charge is 0.508 e. The topological polar surface area (TPSA) is 83.6 Å². The summed E-state index contributed by atoms with van der Waals surface area (Å²) in [5, 5.41) is 21.8. The Morgan fingerprint density at radius 1 is 1.41 bits per heavy atom. The van der Waals surface area contributed by atoms with Gasteiger partial charge in [0.2, 0.25) is 0 Å². The van der Waals surface area contributed by atoms with Crippen molar-refractivity contribution < 1.29 is 19.5 Å². The number of rotatable bonds is 4. The molecule has 0 unspecified atom stereocenters. The number of phenolic OH excluding ortho intramolecular Hbond substituents is 1. The van der Waals surface area contributed by atoms with Gasteiger partial charge in [0, 0.05) is 12.0 Å². The Morgan fingerprint density at radius 2 is 2.24 bits per heavy atom. The number of nitrogens with zero attached hydrogens (tertiary/aromatic N) is 1. The van der Waals surface area contributed by atoms with Crippen molar-refractivity contribution >= 4 is 5.97 Å². The molecule has 0 aliphatic rings. The molecule has 0 aliphatic carbocycles. The number of aromatic nitrogens is 1. The van der Waals surface area contributed by atoms with Crippen LogP contribution in [0.1, 0.15) is 12.1 Å². The number of aliphatic carboxylic acids is 1. The molecule has 0 fully saturated rings. The predicted molar refractivity (Wildman–Crippen MR) is 59.6 cm³/mol. The molecule has 1 aromatic heterocycles. The fourth-order valence-corrected chi connectivity index (χ4v) is 1.57. The van der Waals surface area contributed by atoms with Gasteiger partial charge >= 0.3 is 5.97 Å². The van der Waals surface area contributed by atoms with Gasteiger partial charge in [0.05, 0.1) is 12.1 Å². The average molecular weight is 233 g/mol. The van der Waals surface area contributed by atoms with Gasteiger partial charge in [-0.2, -0.15) is 0 Å². The van der Waals surface area contributed by atoms with Crippen molar-refractivity contribution in [2.75, 3.05) is 0 Å². The lowest BCUT2D eigenvalue weighted by Gasteiger charge is -2.00. The molecule has 0 amide bonds. The Morgan fingerprint density at radius 3 is 2.94 bits per heavy atom. The molecule has 0 saturated carbocycles. The van der Waals surface area contributed by atoms with E-state index in [-0.39, 0.29) is 12.2 Å². The lowest BCUT2D eigenvalue weighted by atomic mass is 10.0. The van der Waals surface area contributed by atoms with Crippen molar-refractivity contribution in [2.24, 2.45) is 0 Å². The summed E-state index contributed by atoms with van der Waals surface area (Å²) in [5.41, 5.74) is 2.05. The maximum Gasteiger partial charge on any atom is 0.303 e. The zero-order valence-corrected chi connectivity index (χ0v) is 8.96. The fourth-order valence-electron chi connectivity index (χ4n) is 1.57. The second-order valence-electron chi connectivity index (χ2n) is 3.62. The SMILES string of the molecule is O=C(O)CCc1nocc1-c1cccc(O)c1. The molecule has 0 atom stereocenters. The van der Waals surface area contributed by atoms with E-state index >= 15 is 0 Å². The molecule has 2 N–H and O–H groups in total. The van der Waals surface area contributed by atoms with Gasteiger partial charge in [0.1, 0.15) is 12.0 Å². The highest BCUT2D eigenvalue weighted by Gasteiger charge is 2.11. The van der Waals surface area contributed by atoms with E-state index in [1.54, 1.807) is 24.3 Å². The molecule has 2 rings (SSSR count). The van der Waals surface area contributed by atoms with Crippen LogP contribution in [0.3, 0.4) is 0 Å². The summed E-state index contributed by atoms with van der Waals surface area (Å²) in [6.45, 7) is 0. The van der Waals surface area contributed by atoms with Gasteiger partial charge in [-0.05, 0) is 17.7 Å². The minimum absolute atomic E-state index is 0.00164. The highest BCUT2D eigenvalue weighted by molar-refractivity contribution is 5.69. The van der Waals surface area contributed by atoms with Crippen LogP contribution in [0, 0.1) is 0 Å². The first-order valence-corrected chi connectivity index (χ1v) is 5.11. The van der Waals surface area contributed by atoms with Crippen LogP contribution in [0.25, 0.3) is 11.1 Å². The van der Waals surface area contributed by atoms with Gasteiger partial charge in [0.15, 0.2) is 0 Å². The first-order valence-electron chi connectivity index (χ1n) is 5.11. The Kier molecular flexibility index (Phi) is 3.09. The molecule has 1 heterocycles. The van der Waals surface area contributed by atoms with Crippen molar-refractivity contribution in [1.82, 2.24) is 5.16 Å². The van der Waals surface area contributed by atoms with Gasteiger partial charge in [0.25, 0.3) is 0 Å². The van der Waals surface area contributed by atoms with E-state index in [0.29, 0.717) is 17.7 Å². The molecule has 5 nitrogen and oxygen atoms in total. The molecular weight excluding hydrogens is 222 g/mol. The summed E-state index contributed by atoms with van der Waals surface area (Å²) in [7, 11) is 0. The number of carboxylic acids is 1.